The van der Waals surface area contributed by atoms with Gasteiger partial charge in [-0.05, 0) is 12.1 Å². The summed E-state index contributed by atoms with van der Waals surface area (Å²) in [6.07, 6.45) is -2.78. The molecule has 2 rings (SSSR count). The molecular formula is C18H21NO9. The number of carbonyl (C=O) groups excluding carboxylic acids is 4. The normalized spacial score (nSPS) is 24.0. The number of rotatable bonds is 6. The maximum atomic E-state index is 12.2. The summed E-state index contributed by atoms with van der Waals surface area (Å²) in [5, 5.41) is 0. The molecule has 0 aromatic carbocycles. The number of hydrogen-bond acceptors (Lipinski definition) is 10. The molecule has 0 aliphatic carbocycles. The third-order valence-electron chi connectivity index (χ3n) is 3.67. The van der Waals surface area contributed by atoms with E-state index < -0.39 is 48.5 Å². The van der Waals surface area contributed by atoms with Gasteiger partial charge in [0.25, 0.3) is 0 Å². The van der Waals surface area contributed by atoms with Crippen LogP contribution in [0.2, 0.25) is 0 Å². The van der Waals surface area contributed by atoms with Crippen molar-refractivity contribution >= 4 is 23.9 Å². The van der Waals surface area contributed by atoms with Crippen LogP contribution < -0.4 is 0 Å². The van der Waals surface area contributed by atoms with E-state index in [-0.39, 0.29) is 18.7 Å². The van der Waals surface area contributed by atoms with Crippen LogP contribution in [0.1, 0.15) is 37.7 Å². The van der Waals surface area contributed by atoms with Gasteiger partial charge in [-0.1, -0.05) is 6.07 Å². The van der Waals surface area contributed by atoms with Gasteiger partial charge < -0.3 is 23.7 Å². The van der Waals surface area contributed by atoms with Gasteiger partial charge in [0, 0.05) is 27.0 Å². The Hall–Kier alpha value is -3.01. The zero-order valence-electron chi connectivity index (χ0n) is 15.7. The Morgan fingerprint density at radius 2 is 1.75 bits per heavy atom. The van der Waals surface area contributed by atoms with Crippen molar-refractivity contribution < 1.29 is 42.9 Å². The highest BCUT2D eigenvalue weighted by atomic mass is 16.7. The molecule has 0 unspecified atom stereocenters. The van der Waals surface area contributed by atoms with Crippen LogP contribution in [-0.4, -0.2) is 60.1 Å². The van der Waals surface area contributed by atoms with Crippen LogP contribution in [0.3, 0.4) is 0 Å². The third-order valence-corrected chi connectivity index (χ3v) is 3.67. The van der Waals surface area contributed by atoms with E-state index in [4.69, 9.17) is 23.7 Å². The number of carbonyl (C=O) groups is 4. The lowest BCUT2D eigenvalue weighted by atomic mass is 10.0. The van der Waals surface area contributed by atoms with Crippen molar-refractivity contribution in [2.24, 2.45) is 0 Å². The Balaban J connectivity index is 2.18. The molecule has 1 aromatic heterocycles. The molecular weight excluding hydrogens is 374 g/mol. The first kappa shape index (κ1) is 21.3. The molecule has 0 N–H and O–H groups in total. The summed E-state index contributed by atoms with van der Waals surface area (Å²) in [5.41, 5.74) is 0.0637. The summed E-state index contributed by atoms with van der Waals surface area (Å²) < 4.78 is 26.3. The minimum atomic E-state index is -1.13. The number of hydrogen-bond donors (Lipinski definition) is 0. The van der Waals surface area contributed by atoms with Gasteiger partial charge in [0.05, 0.1) is 6.42 Å². The van der Waals surface area contributed by atoms with Gasteiger partial charge in [-0.2, -0.15) is 0 Å². The number of aromatic nitrogens is 1. The highest BCUT2D eigenvalue weighted by molar-refractivity contribution is 5.87. The average Bonchev–Trinajstić information content (AvgIpc) is 2.62. The topological polar surface area (TPSA) is 127 Å². The Labute approximate surface area is 161 Å². The molecule has 0 spiro atoms. The fourth-order valence-corrected chi connectivity index (χ4v) is 2.64. The summed E-state index contributed by atoms with van der Waals surface area (Å²) in [4.78, 5) is 50.2. The average molecular weight is 395 g/mol. The molecule has 0 saturated carbocycles. The van der Waals surface area contributed by atoms with Crippen molar-refractivity contribution in [3.05, 3.63) is 30.1 Å². The van der Waals surface area contributed by atoms with Gasteiger partial charge in [-0.25, -0.2) is 9.78 Å². The second-order valence-electron chi connectivity index (χ2n) is 5.98. The van der Waals surface area contributed by atoms with E-state index >= 15 is 0 Å². The second-order valence-corrected chi connectivity index (χ2v) is 5.98. The Kier molecular flexibility index (Phi) is 7.44. The van der Waals surface area contributed by atoms with E-state index in [9.17, 15) is 19.2 Å². The predicted octanol–water partition coefficient (Wildman–Crippen LogP) is 0.780. The summed E-state index contributed by atoms with van der Waals surface area (Å²) in [6.45, 7) is 3.28. The molecule has 1 fully saturated rings. The van der Waals surface area contributed by atoms with Crippen LogP contribution >= 0.6 is 0 Å². The monoisotopic (exact) mass is 395 g/mol. The van der Waals surface area contributed by atoms with Crippen LogP contribution in [0, 0.1) is 0 Å². The van der Waals surface area contributed by atoms with Crippen molar-refractivity contribution in [3.8, 4) is 0 Å². The molecule has 10 nitrogen and oxygen atoms in total. The molecule has 0 amide bonds. The van der Waals surface area contributed by atoms with Crippen molar-refractivity contribution in [1.82, 2.24) is 4.98 Å². The summed E-state index contributed by atoms with van der Waals surface area (Å²) in [5.74, 6) is -2.58. The van der Waals surface area contributed by atoms with Crippen LogP contribution in [0.5, 0.6) is 0 Å². The van der Waals surface area contributed by atoms with E-state index in [1.165, 1.54) is 33.0 Å². The highest BCUT2D eigenvalue weighted by Crippen LogP contribution is 2.27. The van der Waals surface area contributed by atoms with Crippen molar-refractivity contribution in [3.63, 3.8) is 0 Å². The van der Waals surface area contributed by atoms with Gasteiger partial charge in [0.2, 0.25) is 6.29 Å². The largest absolute Gasteiger partial charge is 0.463 e. The second kappa shape index (κ2) is 9.79. The molecule has 10 heteroatoms. The van der Waals surface area contributed by atoms with E-state index in [2.05, 4.69) is 4.98 Å². The molecule has 0 bridgehead atoms. The number of nitrogens with zero attached hydrogens (tertiary/aromatic N) is 1. The molecule has 1 saturated heterocycles. The first-order valence-corrected chi connectivity index (χ1v) is 8.51. The molecule has 0 radical (unpaired) electrons. The molecule has 152 valence electrons. The van der Waals surface area contributed by atoms with Crippen LogP contribution in [-0.2, 0) is 38.1 Å². The number of esters is 4. The predicted molar refractivity (Wildman–Crippen MR) is 90.7 cm³/mol. The lowest BCUT2D eigenvalue weighted by molar-refractivity contribution is -0.252. The third kappa shape index (κ3) is 6.31. The first-order chi connectivity index (χ1) is 13.3. The minimum absolute atomic E-state index is 0.0637. The van der Waals surface area contributed by atoms with E-state index in [1.54, 1.807) is 12.1 Å². The Morgan fingerprint density at radius 3 is 2.32 bits per heavy atom. The number of ether oxygens (including phenoxy) is 5. The van der Waals surface area contributed by atoms with Crippen molar-refractivity contribution in [1.29, 1.82) is 0 Å². The first-order valence-electron chi connectivity index (χ1n) is 8.51. The van der Waals surface area contributed by atoms with Crippen LogP contribution in [0.15, 0.2) is 24.4 Å². The molecule has 28 heavy (non-hydrogen) atoms. The van der Waals surface area contributed by atoms with Crippen molar-refractivity contribution in [2.45, 2.75) is 51.8 Å². The van der Waals surface area contributed by atoms with Gasteiger partial charge >= 0.3 is 23.9 Å². The standard InChI is InChI=1S/C18H21NO9/c1-10(20)24-9-15-17(26-12(3)22)14(25-11(2)21)8-16(27-15)28-18(23)13-6-4-5-7-19-13/h4-7,14-17H,8-9H2,1-3H3/t14-,15-,16+,17+/m1/s1. The highest BCUT2D eigenvalue weighted by Gasteiger charge is 2.45. The van der Waals surface area contributed by atoms with Gasteiger partial charge in [0.15, 0.2) is 6.10 Å². The summed E-state index contributed by atoms with van der Waals surface area (Å²) >= 11 is 0. The Morgan fingerprint density at radius 1 is 1.04 bits per heavy atom. The maximum Gasteiger partial charge on any atom is 0.359 e. The summed E-state index contributed by atoms with van der Waals surface area (Å²) in [6, 6.07) is 4.73. The Bertz CT molecular complexity index is 721. The lowest BCUT2D eigenvalue weighted by Crippen LogP contribution is -2.54. The molecule has 1 aliphatic heterocycles. The van der Waals surface area contributed by atoms with E-state index in [0.717, 1.165) is 0 Å². The molecule has 2 heterocycles. The zero-order valence-corrected chi connectivity index (χ0v) is 15.7. The fourth-order valence-electron chi connectivity index (χ4n) is 2.64. The zero-order chi connectivity index (χ0) is 20.7. The molecule has 4 atom stereocenters. The van der Waals surface area contributed by atoms with Crippen molar-refractivity contribution in [2.75, 3.05) is 6.61 Å². The quantitative estimate of drug-likeness (QED) is 0.503. The SMILES string of the molecule is CC(=O)OC[C@H]1O[C@@H](OC(=O)c2ccccn2)C[C@@H](OC(C)=O)[C@@H]1OC(C)=O. The maximum absolute atomic E-state index is 12.2. The van der Waals surface area contributed by atoms with Gasteiger partial charge in [-0.3, -0.25) is 14.4 Å². The van der Waals surface area contributed by atoms with Gasteiger partial charge in [-0.15, -0.1) is 0 Å². The number of pyridine rings is 1. The molecule has 1 aliphatic rings. The smallest absolute Gasteiger partial charge is 0.359 e. The van der Waals surface area contributed by atoms with Crippen LogP contribution in [0.4, 0.5) is 0 Å². The fraction of sp³-hybridized carbons (Fsp3) is 0.500. The van der Waals surface area contributed by atoms with Gasteiger partial charge in [0.1, 0.15) is 24.5 Å². The van der Waals surface area contributed by atoms with Crippen LogP contribution in [0.25, 0.3) is 0 Å². The van der Waals surface area contributed by atoms with E-state index in [1.807, 2.05) is 0 Å². The van der Waals surface area contributed by atoms with E-state index in [0.29, 0.717) is 0 Å². The lowest BCUT2D eigenvalue weighted by Gasteiger charge is -2.39. The summed E-state index contributed by atoms with van der Waals surface area (Å²) in [7, 11) is 0. The molecule has 1 aromatic rings. The minimum Gasteiger partial charge on any atom is -0.463 e.